The number of ether oxygens (including phenoxy) is 1. The van der Waals surface area contributed by atoms with Gasteiger partial charge in [0, 0.05) is 25.6 Å². The molecule has 1 aromatic carbocycles. The van der Waals surface area contributed by atoms with Crippen molar-refractivity contribution in [2.45, 2.75) is 19.4 Å². The predicted molar refractivity (Wildman–Crippen MR) is 96.2 cm³/mol. The summed E-state index contributed by atoms with van der Waals surface area (Å²) >= 11 is 0. The number of morpholine rings is 1. The highest BCUT2D eigenvalue weighted by molar-refractivity contribution is 5.78. The maximum Gasteiger partial charge on any atom is 0.223 e. The Bertz CT molecular complexity index is 636. The molecule has 1 aliphatic heterocycles. The molecule has 0 bridgehead atoms. The van der Waals surface area contributed by atoms with Crippen LogP contribution in [-0.2, 0) is 16.0 Å². The van der Waals surface area contributed by atoms with Crippen molar-refractivity contribution >= 4 is 5.91 Å². The van der Waals surface area contributed by atoms with Crippen LogP contribution < -0.4 is 5.32 Å². The minimum atomic E-state index is -0.0654. The smallest absolute Gasteiger partial charge is 0.223 e. The van der Waals surface area contributed by atoms with Crippen molar-refractivity contribution in [3.8, 4) is 0 Å². The molecule has 25 heavy (non-hydrogen) atoms. The van der Waals surface area contributed by atoms with Gasteiger partial charge in [0.15, 0.2) is 0 Å². The van der Waals surface area contributed by atoms with Crippen LogP contribution in [0.1, 0.15) is 24.3 Å². The number of furan rings is 1. The monoisotopic (exact) mass is 342 g/mol. The van der Waals surface area contributed by atoms with Gasteiger partial charge >= 0.3 is 0 Å². The number of carbonyl (C=O) groups is 1. The molecule has 1 aromatic heterocycles. The Balaban J connectivity index is 1.57. The molecule has 2 heterocycles. The van der Waals surface area contributed by atoms with Gasteiger partial charge in [0.25, 0.3) is 0 Å². The lowest BCUT2D eigenvalue weighted by Gasteiger charge is -2.33. The summed E-state index contributed by atoms with van der Waals surface area (Å²) in [6, 6.07) is 14.0. The zero-order valence-electron chi connectivity index (χ0n) is 14.7. The minimum Gasteiger partial charge on any atom is -0.468 e. The van der Waals surface area contributed by atoms with Crippen LogP contribution in [0.3, 0.4) is 0 Å². The number of benzene rings is 1. The van der Waals surface area contributed by atoms with Gasteiger partial charge in [0.05, 0.1) is 25.5 Å². The number of carbonyl (C=O) groups excluding carboxylic acids is 1. The van der Waals surface area contributed by atoms with E-state index in [0.29, 0.717) is 6.54 Å². The van der Waals surface area contributed by atoms with Gasteiger partial charge in [-0.25, -0.2) is 0 Å². The number of hydrogen-bond donors (Lipinski definition) is 1. The summed E-state index contributed by atoms with van der Waals surface area (Å²) in [5.41, 5.74) is 1.18. The second-order valence-corrected chi connectivity index (χ2v) is 6.52. The van der Waals surface area contributed by atoms with Gasteiger partial charge in [-0.2, -0.15) is 0 Å². The molecule has 1 aliphatic rings. The summed E-state index contributed by atoms with van der Waals surface area (Å²) in [6.07, 6.45) is 2.43. The van der Waals surface area contributed by atoms with Crippen LogP contribution in [0.4, 0.5) is 0 Å². The van der Waals surface area contributed by atoms with Crippen molar-refractivity contribution in [2.75, 3.05) is 32.8 Å². The van der Waals surface area contributed by atoms with E-state index in [2.05, 4.69) is 22.3 Å². The zero-order chi connectivity index (χ0) is 17.5. The van der Waals surface area contributed by atoms with Crippen LogP contribution >= 0.6 is 0 Å². The van der Waals surface area contributed by atoms with E-state index in [0.717, 1.165) is 38.5 Å². The number of nitrogens with one attached hydrogen (secondary N) is 1. The van der Waals surface area contributed by atoms with Crippen molar-refractivity contribution in [1.29, 1.82) is 0 Å². The zero-order valence-corrected chi connectivity index (χ0v) is 14.7. The van der Waals surface area contributed by atoms with Crippen LogP contribution in [0.25, 0.3) is 0 Å². The lowest BCUT2D eigenvalue weighted by atomic mass is 10.0. The van der Waals surface area contributed by atoms with Crippen molar-refractivity contribution < 1.29 is 13.9 Å². The van der Waals surface area contributed by atoms with Crippen molar-refractivity contribution in [2.24, 2.45) is 5.92 Å². The molecule has 0 spiro atoms. The molecule has 1 N–H and O–H groups in total. The normalized spacial score (nSPS) is 17.8. The summed E-state index contributed by atoms with van der Waals surface area (Å²) < 4.78 is 11.0. The molecule has 5 nitrogen and oxygen atoms in total. The molecule has 0 saturated carbocycles. The summed E-state index contributed by atoms with van der Waals surface area (Å²) in [5.74, 6) is 0.899. The minimum absolute atomic E-state index is 0.0479. The third kappa shape index (κ3) is 4.94. The summed E-state index contributed by atoms with van der Waals surface area (Å²) in [5, 5.41) is 3.11. The number of nitrogens with zero attached hydrogens (tertiary/aromatic N) is 1. The van der Waals surface area contributed by atoms with Gasteiger partial charge in [0.1, 0.15) is 5.76 Å². The van der Waals surface area contributed by atoms with Gasteiger partial charge < -0.3 is 14.5 Å². The molecular formula is C20H26N2O3. The fourth-order valence-electron chi connectivity index (χ4n) is 3.21. The van der Waals surface area contributed by atoms with Crippen LogP contribution in [0.2, 0.25) is 0 Å². The van der Waals surface area contributed by atoms with Crippen LogP contribution in [0, 0.1) is 5.92 Å². The molecule has 0 radical (unpaired) electrons. The fourth-order valence-corrected chi connectivity index (χ4v) is 3.21. The van der Waals surface area contributed by atoms with Gasteiger partial charge in [-0.15, -0.1) is 0 Å². The second-order valence-electron chi connectivity index (χ2n) is 6.52. The average molecular weight is 342 g/mol. The second kappa shape index (κ2) is 8.83. The largest absolute Gasteiger partial charge is 0.468 e. The maximum atomic E-state index is 12.5. The van der Waals surface area contributed by atoms with E-state index in [1.165, 1.54) is 5.56 Å². The molecule has 1 fully saturated rings. The Hall–Kier alpha value is -2.11. The summed E-state index contributed by atoms with van der Waals surface area (Å²) in [6.45, 7) is 5.65. The lowest BCUT2D eigenvalue weighted by Crippen LogP contribution is -2.44. The van der Waals surface area contributed by atoms with Crippen molar-refractivity contribution in [1.82, 2.24) is 10.2 Å². The Morgan fingerprint density at radius 2 is 1.92 bits per heavy atom. The standard InChI is InChI=1S/C20H26N2O3/c1-16(14-17-6-3-2-4-7-17)20(23)21-15-18(19-8-5-11-25-19)22-9-12-24-13-10-22/h2-8,11,16,18H,9-10,12-15H2,1H3,(H,21,23). The molecule has 2 unspecified atom stereocenters. The molecule has 2 aromatic rings. The molecule has 2 atom stereocenters. The first-order valence-electron chi connectivity index (χ1n) is 8.91. The third-order valence-electron chi connectivity index (χ3n) is 4.66. The highest BCUT2D eigenvalue weighted by Crippen LogP contribution is 2.22. The van der Waals surface area contributed by atoms with E-state index < -0.39 is 0 Å². The summed E-state index contributed by atoms with van der Waals surface area (Å²) in [7, 11) is 0. The van der Waals surface area contributed by atoms with Crippen LogP contribution in [-0.4, -0.2) is 43.7 Å². The van der Waals surface area contributed by atoms with E-state index in [1.54, 1.807) is 6.26 Å². The predicted octanol–water partition coefficient (Wildman–Crippen LogP) is 2.65. The number of hydrogen-bond acceptors (Lipinski definition) is 4. The first kappa shape index (κ1) is 17.7. The molecular weight excluding hydrogens is 316 g/mol. The first-order chi connectivity index (χ1) is 12.2. The van der Waals surface area contributed by atoms with E-state index in [9.17, 15) is 4.79 Å². The van der Waals surface area contributed by atoms with Gasteiger partial charge in [0.2, 0.25) is 5.91 Å². The van der Waals surface area contributed by atoms with Gasteiger partial charge in [-0.3, -0.25) is 9.69 Å². The molecule has 3 rings (SSSR count). The molecule has 0 aliphatic carbocycles. The molecule has 1 saturated heterocycles. The topological polar surface area (TPSA) is 54.7 Å². The van der Waals surface area contributed by atoms with Crippen LogP contribution in [0.15, 0.2) is 53.1 Å². The maximum absolute atomic E-state index is 12.5. The Kier molecular flexibility index (Phi) is 6.25. The first-order valence-corrected chi connectivity index (χ1v) is 8.91. The average Bonchev–Trinajstić information content (AvgIpc) is 3.18. The third-order valence-corrected chi connectivity index (χ3v) is 4.66. The van der Waals surface area contributed by atoms with Gasteiger partial charge in [-0.05, 0) is 24.1 Å². The Morgan fingerprint density at radius 1 is 1.16 bits per heavy atom. The number of rotatable bonds is 7. The molecule has 5 heteroatoms. The van der Waals surface area contributed by atoms with Gasteiger partial charge in [-0.1, -0.05) is 37.3 Å². The fraction of sp³-hybridized carbons (Fsp3) is 0.450. The number of amides is 1. The van der Waals surface area contributed by atoms with E-state index in [1.807, 2.05) is 37.3 Å². The van der Waals surface area contributed by atoms with E-state index in [-0.39, 0.29) is 17.9 Å². The van der Waals surface area contributed by atoms with Crippen LogP contribution in [0.5, 0.6) is 0 Å². The quantitative estimate of drug-likeness (QED) is 0.840. The van der Waals surface area contributed by atoms with E-state index >= 15 is 0 Å². The Labute approximate surface area is 149 Å². The van der Waals surface area contributed by atoms with E-state index in [4.69, 9.17) is 9.15 Å². The Morgan fingerprint density at radius 3 is 2.60 bits per heavy atom. The molecule has 134 valence electrons. The van der Waals surface area contributed by atoms with Crippen molar-refractivity contribution in [3.05, 3.63) is 60.1 Å². The lowest BCUT2D eigenvalue weighted by molar-refractivity contribution is -0.124. The molecule has 1 amide bonds. The summed E-state index contributed by atoms with van der Waals surface area (Å²) in [4.78, 5) is 14.8. The SMILES string of the molecule is CC(Cc1ccccc1)C(=O)NCC(c1ccco1)N1CCOCC1. The van der Waals surface area contributed by atoms with Crippen molar-refractivity contribution in [3.63, 3.8) is 0 Å². The highest BCUT2D eigenvalue weighted by atomic mass is 16.5. The highest BCUT2D eigenvalue weighted by Gasteiger charge is 2.26.